The summed E-state index contributed by atoms with van der Waals surface area (Å²) in [6, 6.07) is 17.2. The van der Waals surface area contributed by atoms with Crippen molar-refractivity contribution in [1.82, 2.24) is 15.1 Å². The smallest absolute Gasteiger partial charge is 0.252 e. The molecule has 5 heteroatoms. The van der Waals surface area contributed by atoms with Crippen LogP contribution in [0.5, 0.6) is 0 Å². The van der Waals surface area contributed by atoms with E-state index in [0.29, 0.717) is 18.7 Å². The highest BCUT2D eigenvalue weighted by atomic mass is 16.2. The first kappa shape index (κ1) is 22.8. The largest absolute Gasteiger partial charge is 0.340 e. The van der Waals surface area contributed by atoms with Gasteiger partial charge in [-0.1, -0.05) is 74.5 Å². The highest BCUT2D eigenvalue weighted by molar-refractivity contribution is 5.98. The van der Waals surface area contributed by atoms with Crippen molar-refractivity contribution in [2.45, 2.75) is 26.8 Å². The first-order chi connectivity index (χ1) is 15.0. The van der Waals surface area contributed by atoms with Crippen LogP contribution in [0.2, 0.25) is 0 Å². The molecule has 2 amide bonds. The van der Waals surface area contributed by atoms with Crippen LogP contribution in [0.1, 0.15) is 35.3 Å². The lowest BCUT2D eigenvalue weighted by atomic mass is 10.0. The maximum Gasteiger partial charge on any atom is 0.252 e. The molecule has 1 heterocycles. The van der Waals surface area contributed by atoms with Gasteiger partial charge in [0, 0.05) is 38.3 Å². The van der Waals surface area contributed by atoms with Crippen molar-refractivity contribution in [3.05, 3.63) is 77.4 Å². The third-order valence-electron chi connectivity index (χ3n) is 5.77. The van der Waals surface area contributed by atoms with Gasteiger partial charge in [-0.05, 0) is 30.0 Å². The van der Waals surface area contributed by atoms with E-state index in [9.17, 15) is 9.59 Å². The fourth-order valence-corrected chi connectivity index (χ4v) is 3.81. The van der Waals surface area contributed by atoms with Crippen molar-refractivity contribution in [3.63, 3.8) is 0 Å². The molecule has 1 saturated heterocycles. The molecule has 5 nitrogen and oxygen atoms in total. The minimum atomic E-state index is -0.517. The molecule has 1 fully saturated rings. The summed E-state index contributed by atoms with van der Waals surface area (Å²) in [5.74, 6) is -0.154. The molecule has 2 aromatic rings. The maximum absolute atomic E-state index is 13.2. The molecular formula is C26H33N3O2. The number of hydrogen-bond acceptors (Lipinski definition) is 3. The minimum Gasteiger partial charge on any atom is -0.340 e. The Bertz CT molecular complexity index is 900. The van der Waals surface area contributed by atoms with E-state index in [0.717, 1.165) is 25.2 Å². The number of carbonyl (C=O) groups is 2. The Morgan fingerprint density at radius 1 is 0.968 bits per heavy atom. The Morgan fingerprint density at radius 3 is 2.26 bits per heavy atom. The Hall–Kier alpha value is -2.92. The Balaban J connectivity index is 1.53. The average Bonchev–Trinajstić information content (AvgIpc) is 2.78. The molecule has 0 aromatic heterocycles. The summed E-state index contributed by atoms with van der Waals surface area (Å²) in [5.41, 5.74) is 2.73. The van der Waals surface area contributed by atoms with E-state index in [1.807, 2.05) is 62.1 Å². The molecule has 0 unspecified atom stereocenters. The van der Waals surface area contributed by atoms with Gasteiger partial charge in [0.1, 0.15) is 6.04 Å². The number of amides is 2. The van der Waals surface area contributed by atoms with Crippen molar-refractivity contribution < 1.29 is 9.59 Å². The van der Waals surface area contributed by atoms with Gasteiger partial charge in [0.15, 0.2) is 0 Å². The Labute approximate surface area is 185 Å². The third kappa shape index (κ3) is 6.28. The molecule has 0 radical (unpaired) electrons. The normalized spacial score (nSPS) is 15.9. The van der Waals surface area contributed by atoms with Crippen molar-refractivity contribution >= 4 is 17.9 Å². The molecular weight excluding hydrogens is 386 g/mol. The standard InChI is InChI=1S/C26H33N3O2/c1-20(2)24(27-25(30)23-14-8-7-10-21(23)3)26(31)29-18-16-28(17-19-29)15-9-13-22-11-5-4-6-12-22/h4-14,20,24H,15-19H2,1-3H3,(H,27,30)/b13-9+/t24-/m0/s1. The van der Waals surface area contributed by atoms with E-state index < -0.39 is 6.04 Å². The molecule has 0 spiro atoms. The quantitative estimate of drug-likeness (QED) is 0.746. The van der Waals surface area contributed by atoms with Gasteiger partial charge in [0.25, 0.3) is 5.91 Å². The highest BCUT2D eigenvalue weighted by Crippen LogP contribution is 2.13. The van der Waals surface area contributed by atoms with E-state index in [1.165, 1.54) is 5.56 Å². The number of rotatable bonds is 7. The first-order valence-corrected chi connectivity index (χ1v) is 11.0. The van der Waals surface area contributed by atoms with Crippen LogP contribution >= 0.6 is 0 Å². The van der Waals surface area contributed by atoms with E-state index in [-0.39, 0.29) is 17.7 Å². The van der Waals surface area contributed by atoms with Crippen LogP contribution < -0.4 is 5.32 Å². The van der Waals surface area contributed by atoms with Gasteiger partial charge in [-0.2, -0.15) is 0 Å². The lowest BCUT2D eigenvalue weighted by Gasteiger charge is -2.37. The molecule has 0 saturated carbocycles. The van der Waals surface area contributed by atoms with Gasteiger partial charge in [-0.3, -0.25) is 14.5 Å². The van der Waals surface area contributed by atoms with Gasteiger partial charge in [-0.15, -0.1) is 0 Å². The lowest BCUT2D eigenvalue weighted by Crippen LogP contribution is -2.56. The van der Waals surface area contributed by atoms with Crippen molar-refractivity contribution in [3.8, 4) is 0 Å². The number of piperazine rings is 1. The predicted octanol–water partition coefficient (Wildman–Crippen LogP) is 3.61. The molecule has 3 rings (SSSR count). The van der Waals surface area contributed by atoms with Gasteiger partial charge >= 0.3 is 0 Å². The van der Waals surface area contributed by atoms with E-state index >= 15 is 0 Å². The molecule has 1 aliphatic heterocycles. The van der Waals surface area contributed by atoms with Gasteiger partial charge in [0.05, 0.1) is 0 Å². The van der Waals surface area contributed by atoms with E-state index in [2.05, 4.69) is 34.5 Å². The summed E-state index contributed by atoms with van der Waals surface area (Å²) >= 11 is 0. The van der Waals surface area contributed by atoms with Crippen LogP contribution in [0.25, 0.3) is 6.08 Å². The molecule has 1 atom stereocenters. The van der Waals surface area contributed by atoms with Gasteiger partial charge < -0.3 is 10.2 Å². The summed E-state index contributed by atoms with van der Waals surface area (Å²) in [4.78, 5) is 30.2. The Morgan fingerprint density at radius 2 is 1.61 bits per heavy atom. The number of nitrogens with zero attached hydrogens (tertiary/aromatic N) is 2. The zero-order valence-electron chi connectivity index (χ0n) is 18.8. The third-order valence-corrected chi connectivity index (χ3v) is 5.77. The fraction of sp³-hybridized carbons (Fsp3) is 0.385. The number of nitrogens with one attached hydrogen (secondary N) is 1. The maximum atomic E-state index is 13.2. The first-order valence-electron chi connectivity index (χ1n) is 11.0. The molecule has 2 aromatic carbocycles. The van der Waals surface area contributed by atoms with Crippen LogP contribution in [0.15, 0.2) is 60.7 Å². The Kier molecular flexibility index (Phi) is 8.01. The zero-order chi connectivity index (χ0) is 22.2. The van der Waals surface area contributed by atoms with Crippen LogP contribution in [0.3, 0.4) is 0 Å². The molecule has 0 aliphatic carbocycles. The number of benzene rings is 2. The topological polar surface area (TPSA) is 52.7 Å². The summed E-state index contributed by atoms with van der Waals surface area (Å²) in [6.07, 6.45) is 4.31. The highest BCUT2D eigenvalue weighted by Gasteiger charge is 2.31. The summed E-state index contributed by atoms with van der Waals surface area (Å²) < 4.78 is 0. The lowest BCUT2D eigenvalue weighted by molar-refractivity contribution is -0.136. The van der Waals surface area contributed by atoms with Crippen molar-refractivity contribution in [2.75, 3.05) is 32.7 Å². The summed E-state index contributed by atoms with van der Waals surface area (Å²) in [7, 11) is 0. The molecule has 31 heavy (non-hydrogen) atoms. The van der Waals surface area contributed by atoms with E-state index in [1.54, 1.807) is 6.07 Å². The van der Waals surface area contributed by atoms with Gasteiger partial charge in [-0.25, -0.2) is 0 Å². The van der Waals surface area contributed by atoms with E-state index in [4.69, 9.17) is 0 Å². The molecule has 0 bridgehead atoms. The molecule has 1 aliphatic rings. The number of aryl methyl sites for hydroxylation is 1. The monoisotopic (exact) mass is 419 g/mol. The summed E-state index contributed by atoms with van der Waals surface area (Å²) in [5, 5.41) is 2.98. The van der Waals surface area contributed by atoms with Gasteiger partial charge in [0.2, 0.25) is 5.91 Å². The van der Waals surface area contributed by atoms with Crippen LogP contribution in [-0.4, -0.2) is 60.4 Å². The fourth-order valence-electron chi connectivity index (χ4n) is 3.81. The second kappa shape index (κ2) is 10.9. The second-order valence-electron chi connectivity index (χ2n) is 8.45. The zero-order valence-corrected chi connectivity index (χ0v) is 18.8. The van der Waals surface area contributed by atoms with Crippen molar-refractivity contribution in [2.24, 2.45) is 5.92 Å². The van der Waals surface area contributed by atoms with Crippen LogP contribution in [-0.2, 0) is 4.79 Å². The molecule has 1 N–H and O–H groups in total. The predicted molar refractivity (Wildman–Crippen MR) is 126 cm³/mol. The SMILES string of the molecule is Cc1ccccc1C(=O)N[C@H](C(=O)N1CCN(C/C=C/c2ccccc2)CC1)C(C)C. The molecule has 164 valence electrons. The van der Waals surface area contributed by atoms with Crippen LogP contribution in [0, 0.1) is 12.8 Å². The second-order valence-corrected chi connectivity index (χ2v) is 8.45. The number of carbonyl (C=O) groups excluding carboxylic acids is 2. The van der Waals surface area contributed by atoms with Crippen LogP contribution in [0.4, 0.5) is 0 Å². The van der Waals surface area contributed by atoms with Crippen molar-refractivity contribution in [1.29, 1.82) is 0 Å². The minimum absolute atomic E-state index is 0.0106. The summed E-state index contributed by atoms with van der Waals surface area (Å²) in [6.45, 7) is 9.77. The number of hydrogen-bond donors (Lipinski definition) is 1. The average molecular weight is 420 g/mol.